The number of morpholine rings is 1. The van der Waals surface area contributed by atoms with Gasteiger partial charge in [0.15, 0.2) is 5.96 Å². The fourth-order valence-corrected chi connectivity index (χ4v) is 3.68. The van der Waals surface area contributed by atoms with Crippen molar-refractivity contribution in [3.63, 3.8) is 0 Å². The highest BCUT2D eigenvalue weighted by molar-refractivity contribution is 14.0. The molecule has 2 N–H and O–H groups in total. The maximum absolute atomic E-state index is 5.44. The maximum atomic E-state index is 5.44. The lowest BCUT2D eigenvalue weighted by Crippen LogP contribution is -2.45. The summed E-state index contributed by atoms with van der Waals surface area (Å²) in [7, 11) is 1.83. The number of hydrogen-bond donors (Lipinski definition) is 2. The number of aliphatic imine (C=N–C) groups is 1. The SMILES string of the molecule is CN=C(NCCN(C(C)C)C(C)C)NCc1cccc(CN2CCOCC2)c1.I. The van der Waals surface area contributed by atoms with E-state index >= 15 is 0 Å². The third kappa shape index (κ3) is 9.63. The minimum atomic E-state index is 0. The Morgan fingerprint density at radius 2 is 1.76 bits per heavy atom. The van der Waals surface area contributed by atoms with Crippen molar-refractivity contribution < 1.29 is 4.74 Å². The summed E-state index contributed by atoms with van der Waals surface area (Å²) in [5.41, 5.74) is 2.63. The molecule has 0 aromatic heterocycles. The van der Waals surface area contributed by atoms with Crippen LogP contribution in [0.2, 0.25) is 0 Å². The molecule has 1 aliphatic rings. The third-order valence-corrected chi connectivity index (χ3v) is 5.17. The monoisotopic (exact) mass is 517 g/mol. The van der Waals surface area contributed by atoms with Gasteiger partial charge in [-0.3, -0.25) is 14.8 Å². The molecule has 0 radical (unpaired) electrons. The predicted molar refractivity (Wildman–Crippen MR) is 133 cm³/mol. The van der Waals surface area contributed by atoms with E-state index in [0.717, 1.165) is 58.4 Å². The molecule has 1 aliphatic heterocycles. The van der Waals surface area contributed by atoms with E-state index in [9.17, 15) is 0 Å². The zero-order valence-electron chi connectivity index (χ0n) is 18.8. The van der Waals surface area contributed by atoms with Crippen LogP contribution in [-0.2, 0) is 17.8 Å². The van der Waals surface area contributed by atoms with Crippen LogP contribution >= 0.6 is 24.0 Å². The zero-order valence-corrected chi connectivity index (χ0v) is 21.1. The van der Waals surface area contributed by atoms with Gasteiger partial charge in [0.1, 0.15) is 0 Å². The highest BCUT2D eigenvalue weighted by atomic mass is 127. The summed E-state index contributed by atoms with van der Waals surface area (Å²) in [6.07, 6.45) is 0. The second-order valence-corrected chi connectivity index (χ2v) is 7.99. The molecule has 1 saturated heterocycles. The summed E-state index contributed by atoms with van der Waals surface area (Å²) in [4.78, 5) is 9.29. The first kappa shape index (κ1) is 26.1. The Hall–Kier alpha value is -0.900. The normalized spacial score (nSPS) is 15.7. The number of halogens is 1. The Kier molecular flexibility index (Phi) is 12.8. The molecule has 0 aliphatic carbocycles. The van der Waals surface area contributed by atoms with E-state index in [-0.39, 0.29) is 24.0 Å². The molecule has 0 atom stereocenters. The van der Waals surface area contributed by atoms with Crippen LogP contribution in [0.4, 0.5) is 0 Å². The van der Waals surface area contributed by atoms with E-state index in [1.165, 1.54) is 11.1 Å². The van der Waals surface area contributed by atoms with Gasteiger partial charge in [0.2, 0.25) is 0 Å². The standard InChI is InChI=1S/C22H39N5O.HI/c1-18(2)27(19(3)4)10-9-24-22(23-5)25-16-20-7-6-8-21(15-20)17-26-11-13-28-14-12-26;/h6-8,15,18-19H,9-14,16-17H2,1-5H3,(H2,23,24,25);1H. The van der Waals surface area contributed by atoms with Crippen molar-refractivity contribution in [1.82, 2.24) is 20.4 Å². The number of hydrogen-bond acceptors (Lipinski definition) is 4. The first-order valence-electron chi connectivity index (χ1n) is 10.6. The number of ether oxygens (including phenoxy) is 1. The van der Waals surface area contributed by atoms with E-state index in [2.05, 4.69) is 77.4 Å². The van der Waals surface area contributed by atoms with Crippen molar-refractivity contribution in [2.24, 2.45) is 4.99 Å². The van der Waals surface area contributed by atoms with E-state index < -0.39 is 0 Å². The summed E-state index contributed by atoms with van der Waals surface area (Å²) in [6.45, 7) is 16.4. The number of rotatable bonds is 9. The summed E-state index contributed by atoms with van der Waals surface area (Å²) >= 11 is 0. The zero-order chi connectivity index (χ0) is 20.4. The molecule has 2 rings (SSSR count). The topological polar surface area (TPSA) is 52.1 Å². The second-order valence-electron chi connectivity index (χ2n) is 7.99. The molecule has 166 valence electrons. The fraction of sp³-hybridized carbons (Fsp3) is 0.682. The number of nitrogens with one attached hydrogen (secondary N) is 2. The van der Waals surface area contributed by atoms with E-state index in [1.807, 2.05) is 7.05 Å². The molecule has 0 unspecified atom stereocenters. The van der Waals surface area contributed by atoms with Crippen LogP contribution < -0.4 is 10.6 Å². The number of nitrogens with zero attached hydrogens (tertiary/aromatic N) is 3. The van der Waals surface area contributed by atoms with E-state index in [1.54, 1.807) is 0 Å². The first-order chi connectivity index (χ1) is 13.5. The quantitative estimate of drug-likeness (QED) is 0.300. The smallest absolute Gasteiger partial charge is 0.191 e. The Labute approximate surface area is 194 Å². The molecule has 0 bridgehead atoms. The van der Waals surface area contributed by atoms with Crippen LogP contribution in [0.5, 0.6) is 0 Å². The second kappa shape index (κ2) is 14.2. The van der Waals surface area contributed by atoms with Gasteiger partial charge in [-0.25, -0.2) is 0 Å². The predicted octanol–water partition coefficient (Wildman–Crippen LogP) is 2.92. The number of benzene rings is 1. The molecule has 0 saturated carbocycles. The average molecular weight is 518 g/mol. The third-order valence-electron chi connectivity index (χ3n) is 5.17. The Morgan fingerprint density at radius 3 is 2.38 bits per heavy atom. The largest absolute Gasteiger partial charge is 0.379 e. The maximum Gasteiger partial charge on any atom is 0.191 e. The molecule has 0 amide bonds. The highest BCUT2D eigenvalue weighted by Crippen LogP contribution is 2.10. The van der Waals surface area contributed by atoms with Gasteiger partial charge in [-0.1, -0.05) is 24.3 Å². The Morgan fingerprint density at radius 1 is 1.10 bits per heavy atom. The van der Waals surface area contributed by atoms with Gasteiger partial charge < -0.3 is 15.4 Å². The lowest BCUT2D eigenvalue weighted by Gasteiger charge is -2.30. The Balaban J connectivity index is 0.00000420. The lowest BCUT2D eigenvalue weighted by atomic mass is 10.1. The molecule has 1 fully saturated rings. The lowest BCUT2D eigenvalue weighted by molar-refractivity contribution is 0.0342. The van der Waals surface area contributed by atoms with Crippen molar-refractivity contribution >= 4 is 29.9 Å². The van der Waals surface area contributed by atoms with Gasteiger partial charge in [0.05, 0.1) is 13.2 Å². The van der Waals surface area contributed by atoms with E-state index in [0.29, 0.717) is 12.1 Å². The molecule has 1 aromatic carbocycles. The Bertz CT molecular complexity index is 595. The molecule has 29 heavy (non-hydrogen) atoms. The van der Waals surface area contributed by atoms with Crippen molar-refractivity contribution in [3.05, 3.63) is 35.4 Å². The molecule has 1 heterocycles. The van der Waals surface area contributed by atoms with Gasteiger partial charge in [0, 0.05) is 58.4 Å². The summed E-state index contributed by atoms with van der Waals surface area (Å²) in [5, 5.41) is 6.87. The molecular weight excluding hydrogens is 477 g/mol. The van der Waals surface area contributed by atoms with Crippen molar-refractivity contribution in [1.29, 1.82) is 0 Å². The van der Waals surface area contributed by atoms with Gasteiger partial charge in [0.25, 0.3) is 0 Å². The van der Waals surface area contributed by atoms with Gasteiger partial charge in [-0.2, -0.15) is 0 Å². The van der Waals surface area contributed by atoms with Crippen molar-refractivity contribution in [2.45, 2.75) is 52.9 Å². The summed E-state index contributed by atoms with van der Waals surface area (Å²) < 4.78 is 5.44. The highest BCUT2D eigenvalue weighted by Gasteiger charge is 2.13. The minimum Gasteiger partial charge on any atom is -0.379 e. The average Bonchev–Trinajstić information content (AvgIpc) is 2.68. The summed E-state index contributed by atoms with van der Waals surface area (Å²) in [5.74, 6) is 0.853. The van der Waals surface area contributed by atoms with Crippen LogP contribution in [0, 0.1) is 0 Å². The fourth-order valence-electron chi connectivity index (χ4n) is 3.68. The molecular formula is C22H40IN5O. The van der Waals surface area contributed by atoms with Crippen LogP contribution in [0.15, 0.2) is 29.3 Å². The van der Waals surface area contributed by atoms with Crippen LogP contribution in [-0.4, -0.2) is 74.3 Å². The van der Waals surface area contributed by atoms with Crippen molar-refractivity contribution in [3.8, 4) is 0 Å². The number of guanidine groups is 1. The van der Waals surface area contributed by atoms with Crippen molar-refractivity contribution in [2.75, 3.05) is 46.4 Å². The molecule has 0 spiro atoms. The van der Waals surface area contributed by atoms with Gasteiger partial charge >= 0.3 is 0 Å². The van der Waals surface area contributed by atoms with Crippen LogP contribution in [0.3, 0.4) is 0 Å². The molecule has 6 nitrogen and oxygen atoms in total. The van der Waals surface area contributed by atoms with Crippen LogP contribution in [0.1, 0.15) is 38.8 Å². The molecule has 1 aromatic rings. The first-order valence-corrected chi connectivity index (χ1v) is 10.6. The minimum absolute atomic E-state index is 0. The van der Waals surface area contributed by atoms with Crippen LogP contribution in [0.25, 0.3) is 0 Å². The van der Waals surface area contributed by atoms with Gasteiger partial charge in [-0.15, -0.1) is 24.0 Å². The van der Waals surface area contributed by atoms with E-state index in [4.69, 9.17) is 4.74 Å². The van der Waals surface area contributed by atoms with Gasteiger partial charge in [-0.05, 0) is 38.8 Å². The molecule has 7 heteroatoms. The summed E-state index contributed by atoms with van der Waals surface area (Å²) in [6, 6.07) is 9.90.